The maximum atomic E-state index is 5.73. The first-order valence-corrected chi connectivity index (χ1v) is 5.89. The Labute approximate surface area is 106 Å². The molecule has 0 unspecified atom stereocenters. The molecule has 0 saturated heterocycles. The molecule has 0 fully saturated rings. The number of pyridine rings is 1. The lowest BCUT2D eigenvalue weighted by Gasteiger charge is -2.09. The summed E-state index contributed by atoms with van der Waals surface area (Å²) in [5.74, 6) is 1.64. The van der Waals surface area contributed by atoms with Gasteiger partial charge in [0.25, 0.3) is 0 Å². The van der Waals surface area contributed by atoms with Gasteiger partial charge in [-0.15, -0.1) is 0 Å². The van der Waals surface area contributed by atoms with Crippen LogP contribution in [0.4, 0.5) is 0 Å². The lowest BCUT2D eigenvalue weighted by atomic mass is 10.2. The largest absolute Gasteiger partial charge is 0.497 e. The van der Waals surface area contributed by atoms with Gasteiger partial charge in [0.1, 0.15) is 11.5 Å². The molecule has 2 aromatic rings. The fourth-order valence-electron chi connectivity index (χ4n) is 1.74. The van der Waals surface area contributed by atoms with Crippen molar-refractivity contribution in [3.63, 3.8) is 0 Å². The van der Waals surface area contributed by atoms with E-state index in [4.69, 9.17) is 14.2 Å². The Morgan fingerprint density at radius 1 is 1.11 bits per heavy atom. The molecule has 0 bridgehead atoms. The van der Waals surface area contributed by atoms with Gasteiger partial charge in [-0.2, -0.15) is 0 Å². The molecule has 1 heterocycles. The van der Waals surface area contributed by atoms with E-state index in [-0.39, 0.29) is 0 Å². The van der Waals surface area contributed by atoms with E-state index in [9.17, 15) is 0 Å². The van der Waals surface area contributed by atoms with Crippen molar-refractivity contribution in [1.29, 1.82) is 0 Å². The molecule has 2 rings (SSSR count). The molecular weight excluding hydrogens is 230 g/mol. The average Bonchev–Trinajstić information content (AvgIpc) is 2.43. The normalized spacial score (nSPS) is 10.6. The summed E-state index contributed by atoms with van der Waals surface area (Å²) in [5.41, 5.74) is 0.874. The number of rotatable bonds is 6. The maximum Gasteiger partial charge on any atom is 0.130 e. The summed E-state index contributed by atoms with van der Waals surface area (Å²) in [6, 6.07) is 7.65. The van der Waals surface area contributed by atoms with Gasteiger partial charge in [-0.1, -0.05) is 0 Å². The minimum atomic E-state index is 0.638. The Balaban J connectivity index is 2.17. The van der Waals surface area contributed by atoms with Gasteiger partial charge in [0.05, 0.1) is 19.2 Å². The van der Waals surface area contributed by atoms with Gasteiger partial charge in [-0.3, -0.25) is 4.98 Å². The number of hydrogen-bond donors (Lipinski definition) is 0. The highest BCUT2D eigenvalue weighted by molar-refractivity contribution is 5.85. The van der Waals surface area contributed by atoms with Gasteiger partial charge in [0.15, 0.2) is 0 Å². The molecule has 0 radical (unpaired) electrons. The van der Waals surface area contributed by atoms with E-state index in [1.54, 1.807) is 20.4 Å². The molecule has 0 aliphatic rings. The number of ether oxygens (including phenoxy) is 3. The van der Waals surface area contributed by atoms with Crippen molar-refractivity contribution in [2.75, 3.05) is 27.4 Å². The maximum absolute atomic E-state index is 5.73. The molecule has 0 spiro atoms. The van der Waals surface area contributed by atoms with Crippen LogP contribution in [0, 0.1) is 0 Å². The molecule has 0 aliphatic heterocycles. The second kappa shape index (κ2) is 6.21. The third-order valence-electron chi connectivity index (χ3n) is 2.66. The molecule has 0 aliphatic carbocycles. The number of fused-ring (bicyclic) bond motifs is 1. The Bertz CT molecular complexity index is 513. The molecule has 4 nitrogen and oxygen atoms in total. The van der Waals surface area contributed by atoms with Gasteiger partial charge in [-0.25, -0.2) is 0 Å². The molecule has 18 heavy (non-hydrogen) atoms. The van der Waals surface area contributed by atoms with Gasteiger partial charge >= 0.3 is 0 Å². The van der Waals surface area contributed by atoms with Crippen molar-refractivity contribution in [3.8, 4) is 11.5 Å². The standard InChI is InChI=1S/C14H17NO3/c1-16-8-3-9-18-14-6-7-15-13-10-11(17-2)4-5-12(13)14/h4-7,10H,3,8-9H2,1-2H3. The second-order valence-corrected chi connectivity index (χ2v) is 3.89. The van der Waals surface area contributed by atoms with Crippen molar-refractivity contribution in [1.82, 2.24) is 4.98 Å². The molecule has 0 atom stereocenters. The van der Waals surface area contributed by atoms with Gasteiger partial charge in [0, 0.05) is 37.8 Å². The Morgan fingerprint density at radius 3 is 2.78 bits per heavy atom. The Hall–Kier alpha value is -1.81. The summed E-state index contributed by atoms with van der Waals surface area (Å²) >= 11 is 0. The number of methoxy groups -OCH3 is 2. The molecule has 1 aromatic heterocycles. The third-order valence-corrected chi connectivity index (χ3v) is 2.66. The van der Waals surface area contributed by atoms with Crippen LogP contribution in [0.15, 0.2) is 30.5 Å². The van der Waals surface area contributed by atoms with E-state index in [0.717, 1.165) is 28.8 Å². The average molecular weight is 247 g/mol. The SMILES string of the molecule is COCCCOc1ccnc2cc(OC)ccc12. The molecule has 1 aromatic carbocycles. The van der Waals surface area contributed by atoms with Crippen LogP contribution >= 0.6 is 0 Å². The van der Waals surface area contributed by atoms with Crippen molar-refractivity contribution >= 4 is 10.9 Å². The summed E-state index contributed by atoms with van der Waals surface area (Å²) in [7, 11) is 3.33. The number of nitrogens with zero attached hydrogens (tertiary/aromatic N) is 1. The summed E-state index contributed by atoms with van der Waals surface area (Å²) in [6.07, 6.45) is 2.61. The first kappa shape index (κ1) is 12.6. The number of benzene rings is 1. The summed E-state index contributed by atoms with van der Waals surface area (Å²) in [6.45, 7) is 1.34. The topological polar surface area (TPSA) is 40.6 Å². The van der Waals surface area contributed by atoms with Crippen molar-refractivity contribution in [2.24, 2.45) is 0 Å². The van der Waals surface area contributed by atoms with Gasteiger partial charge in [0.2, 0.25) is 0 Å². The molecule has 96 valence electrons. The van der Waals surface area contributed by atoms with Crippen LogP contribution in [-0.2, 0) is 4.74 Å². The molecule has 0 amide bonds. The van der Waals surface area contributed by atoms with Gasteiger partial charge in [-0.05, 0) is 18.2 Å². The molecular formula is C14H17NO3. The van der Waals surface area contributed by atoms with Crippen molar-refractivity contribution in [3.05, 3.63) is 30.5 Å². The Morgan fingerprint density at radius 2 is 2.00 bits per heavy atom. The zero-order valence-corrected chi connectivity index (χ0v) is 10.7. The number of aromatic nitrogens is 1. The van der Waals surface area contributed by atoms with E-state index in [1.165, 1.54) is 0 Å². The summed E-state index contributed by atoms with van der Waals surface area (Å²) < 4.78 is 15.9. The summed E-state index contributed by atoms with van der Waals surface area (Å²) in [4.78, 5) is 4.31. The van der Waals surface area contributed by atoms with Crippen LogP contribution in [-0.4, -0.2) is 32.4 Å². The Kier molecular flexibility index (Phi) is 4.36. The number of hydrogen-bond acceptors (Lipinski definition) is 4. The van der Waals surface area contributed by atoms with Crippen LogP contribution in [0.2, 0.25) is 0 Å². The fraction of sp³-hybridized carbons (Fsp3) is 0.357. The first-order valence-electron chi connectivity index (χ1n) is 5.89. The lowest BCUT2D eigenvalue weighted by Crippen LogP contribution is -2.01. The predicted octanol–water partition coefficient (Wildman–Crippen LogP) is 2.66. The smallest absolute Gasteiger partial charge is 0.130 e. The zero-order valence-electron chi connectivity index (χ0n) is 10.7. The molecule has 0 saturated carbocycles. The molecule has 4 heteroatoms. The van der Waals surface area contributed by atoms with Crippen LogP contribution in [0.5, 0.6) is 11.5 Å². The highest BCUT2D eigenvalue weighted by atomic mass is 16.5. The minimum absolute atomic E-state index is 0.638. The van der Waals surface area contributed by atoms with Crippen LogP contribution in [0.1, 0.15) is 6.42 Å². The van der Waals surface area contributed by atoms with E-state index < -0.39 is 0 Å². The van der Waals surface area contributed by atoms with E-state index in [2.05, 4.69) is 4.98 Å². The highest BCUT2D eigenvalue weighted by Crippen LogP contribution is 2.26. The van der Waals surface area contributed by atoms with Crippen molar-refractivity contribution < 1.29 is 14.2 Å². The molecule has 0 N–H and O–H groups in total. The summed E-state index contributed by atoms with van der Waals surface area (Å²) in [5, 5.41) is 0.996. The predicted molar refractivity (Wildman–Crippen MR) is 70.3 cm³/mol. The highest BCUT2D eigenvalue weighted by Gasteiger charge is 2.04. The van der Waals surface area contributed by atoms with E-state index in [0.29, 0.717) is 13.2 Å². The third kappa shape index (κ3) is 2.90. The zero-order chi connectivity index (χ0) is 12.8. The van der Waals surface area contributed by atoms with E-state index >= 15 is 0 Å². The quantitative estimate of drug-likeness (QED) is 0.736. The lowest BCUT2D eigenvalue weighted by molar-refractivity contribution is 0.172. The second-order valence-electron chi connectivity index (χ2n) is 3.89. The fourth-order valence-corrected chi connectivity index (χ4v) is 1.74. The van der Waals surface area contributed by atoms with Gasteiger partial charge < -0.3 is 14.2 Å². The van der Waals surface area contributed by atoms with E-state index in [1.807, 2.05) is 24.3 Å². The first-order chi connectivity index (χ1) is 8.85. The minimum Gasteiger partial charge on any atom is -0.497 e. The van der Waals surface area contributed by atoms with Crippen LogP contribution in [0.3, 0.4) is 0 Å². The monoisotopic (exact) mass is 247 g/mol. The van der Waals surface area contributed by atoms with Crippen LogP contribution < -0.4 is 9.47 Å². The van der Waals surface area contributed by atoms with Crippen LogP contribution in [0.25, 0.3) is 10.9 Å². The van der Waals surface area contributed by atoms with Crippen molar-refractivity contribution in [2.45, 2.75) is 6.42 Å².